The summed E-state index contributed by atoms with van der Waals surface area (Å²) < 4.78 is 10.2. The number of hydrogen-bond donors (Lipinski definition) is 2. The van der Waals surface area contributed by atoms with Crippen LogP contribution in [0.15, 0.2) is 11.6 Å². The number of esters is 1. The molecule has 0 aromatic heterocycles. The van der Waals surface area contributed by atoms with Crippen molar-refractivity contribution in [3.05, 3.63) is 33.9 Å². The maximum Gasteiger partial charge on any atom is 0.343 e. The van der Waals surface area contributed by atoms with E-state index in [-0.39, 0.29) is 17.7 Å². The summed E-state index contributed by atoms with van der Waals surface area (Å²) in [5.74, 6) is -1.000. The van der Waals surface area contributed by atoms with Gasteiger partial charge in [-0.15, -0.1) is 0 Å². The third-order valence-corrected chi connectivity index (χ3v) is 4.92. The van der Waals surface area contributed by atoms with Gasteiger partial charge < -0.3 is 19.7 Å². The molecule has 1 unspecified atom stereocenters. The number of carboxylic acids is 1. The van der Waals surface area contributed by atoms with Gasteiger partial charge in [-0.1, -0.05) is 11.6 Å². The van der Waals surface area contributed by atoms with E-state index in [9.17, 15) is 14.7 Å². The van der Waals surface area contributed by atoms with E-state index in [0.717, 1.165) is 11.1 Å². The molecule has 0 saturated heterocycles. The number of alkyl halides is 1. The fourth-order valence-electron chi connectivity index (χ4n) is 2.77. The average molecular weight is 446 g/mol. The number of phenols is 1. The summed E-state index contributed by atoms with van der Waals surface area (Å²) in [6.07, 6.45) is 2.67. The number of aromatic hydroxyl groups is 1. The van der Waals surface area contributed by atoms with Gasteiger partial charge >= 0.3 is 11.9 Å². The molecule has 1 aliphatic rings. The Hall–Kier alpha value is -1.77. The summed E-state index contributed by atoms with van der Waals surface area (Å²) >= 11 is 2.00. The first-order valence-electron chi connectivity index (χ1n) is 7.42. The second kappa shape index (κ2) is 7.42. The topological polar surface area (TPSA) is 93.1 Å². The molecular formula is C17H19IO6. The number of ether oxygens (including phenoxy) is 2. The zero-order valence-corrected chi connectivity index (χ0v) is 15.8. The van der Waals surface area contributed by atoms with Gasteiger partial charge in [0.05, 0.1) is 7.11 Å². The standard InChI is InChI=1S/C17H19IO6/c1-8(5-7-11(19)20)4-6-10-14(21)13-12(9(2)15(10)23-3)16(18)24-17(13)22/h4,16,21H,5-7H2,1-3H3,(H,19,20). The normalized spacial score (nSPS) is 16.8. The zero-order valence-electron chi connectivity index (χ0n) is 13.7. The van der Waals surface area contributed by atoms with Gasteiger partial charge in [-0.2, -0.15) is 0 Å². The van der Waals surface area contributed by atoms with Crippen molar-refractivity contribution < 1.29 is 29.3 Å². The summed E-state index contributed by atoms with van der Waals surface area (Å²) in [6, 6.07) is 0. The number of fused-ring (bicyclic) bond motifs is 1. The van der Waals surface area contributed by atoms with Gasteiger partial charge in [-0.25, -0.2) is 4.79 Å². The smallest absolute Gasteiger partial charge is 0.343 e. The van der Waals surface area contributed by atoms with Gasteiger partial charge in [-0.05, 0) is 49.3 Å². The third kappa shape index (κ3) is 3.50. The Morgan fingerprint density at radius 1 is 1.42 bits per heavy atom. The molecule has 0 spiro atoms. The van der Waals surface area contributed by atoms with E-state index in [1.165, 1.54) is 7.11 Å². The van der Waals surface area contributed by atoms with Crippen molar-refractivity contribution in [3.63, 3.8) is 0 Å². The van der Waals surface area contributed by atoms with E-state index in [2.05, 4.69) is 0 Å². The fraction of sp³-hybridized carbons (Fsp3) is 0.412. The Balaban J connectivity index is 2.42. The van der Waals surface area contributed by atoms with Gasteiger partial charge in [0, 0.05) is 23.1 Å². The molecule has 0 bridgehead atoms. The zero-order chi connectivity index (χ0) is 18.0. The first-order chi connectivity index (χ1) is 11.3. The summed E-state index contributed by atoms with van der Waals surface area (Å²) in [5.41, 5.74) is 3.00. The van der Waals surface area contributed by atoms with Crippen LogP contribution in [0.2, 0.25) is 0 Å². The Labute approximate surface area is 153 Å². The van der Waals surface area contributed by atoms with E-state index in [4.69, 9.17) is 14.6 Å². The van der Waals surface area contributed by atoms with Crippen molar-refractivity contribution >= 4 is 34.5 Å². The lowest BCUT2D eigenvalue weighted by atomic mass is 9.94. The molecule has 2 N–H and O–H groups in total. The van der Waals surface area contributed by atoms with Crippen LogP contribution in [0.4, 0.5) is 0 Å². The number of aliphatic carboxylic acids is 1. The number of benzene rings is 1. The molecule has 1 aromatic carbocycles. The molecule has 0 fully saturated rings. The lowest BCUT2D eigenvalue weighted by Crippen LogP contribution is -2.03. The first kappa shape index (κ1) is 18.6. The minimum absolute atomic E-state index is 0.0531. The maximum absolute atomic E-state index is 12.0. The van der Waals surface area contributed by atoms with Gasteiger partial charge in [-0.3, -0.25) is 4.79 Å². The summed E-state index contributed by atoms with van der Waals surface area (Å²) in [4.78, 5) is 22.6. The van der Waals surface area contributed by atoms with Crippen LogP contribution in [-0.2, 0) is 16.0 Å². The minimum atomic E-state index is -0.854. The molecule has 0 aliphatic carbocycles. The number of hydrogen-bond acceptors (Lipinski definition) is 5. The molecule has 6 nitrogen and oxygen atoms in total. The van der Waals surface area contributed by atoms with Crippen LogP contribution in [0.5, 0.6) is 11.5 Å². The van der Waals surface area contributed by atoms with Crippen LogP contribution in [0, 0.1) is 6.92 Å². The lowest BCUT2D eigenvalue weighted by Gasteiger charge is -2.16. The van der Waals surface area contributed by atoms with Crippen molar-refractivity contribution in [2.75, 3.05) is 7.11 Å². The van der Waals surface area contributed by atoms with Crippen LogP contribution in [0.25, 0.3) is 0 Å². The highest BCUT2D eigenvalue weighted by molar-refractivity contribution is 14.1. The first-order valence-corrected chi connectivity index (χ1v) is 8.67. The van der Waals surface area contributed by atoms with Crippen molar-refractivity contribution in [1.82, 2.24) is 0 Å². The summed E-state index contributed by atoms with van der Waals surface area (Å²) in [6.45, 7) is 3.66. The van der Waals surface area contributed by atoms with E-state index >= 15 is 0 Å². The van der Waals surface area contributed by atoms with Crippen LogP contribution < -0.4 is 4.74 Å². The Morgan fingerprint density at radius 2 is 2.08 bits per heavy atom. The van der Waals surface area contributed by atoms with E-state index in [1.54, 1.807) is 0 Å². The third-order valence-electron chi connectivity index (χ3n) is 4.04. The van der Waals surface area contributed by atoms with E-state index < -0.39 is 16.0 Å². The Kier molecular flexibility index (Phi) is 5.74. The van der Waals surface area contributed by atoms with Gasteiger partial charge in [0.2, 0.25) is 0 Å². The predicted molar refractivity (Wildman–Crippen MR) is 95.9 cm³/mol. The average Bonchev–Trinajstić information content (AvgIpc) is 2.82. The molecule has 0 amide bonds. The number of allylic oxidation sites excluding steroid dienone is 2. The molecule has 1 aliphatic heterocycles. The van der Waals surface area contributed by atoms with Gasteiger partial charge in [0.15, 0.2) is 4.11 Å². The molecule has 1 heterocycles. The summed E-state index contributed by atoms with van der Waals surface area (Å²) in [5, 5.41) is 19.3. The predicted octanol–water partition coefficient (Wildman–Crippen LogP) is 3.67. The van der Waals surface area contributed by atoms with Crippen LogP contribution in [0.3, 0.4) is 0 Å². The van der Waals surface area contributed by atoms with Crippen LogP contribution in [0.1, 0.15) is 50.9 Å². The van der Waals surface area contributed by atoms with Crippen molar-refractivity contribution in [1.29, 1.82) is 0 Å². The molecule has 0 radical (unpaired) electrons. The summed E-state index contributed by atoms with van der Waals surface area (Å²) in [7, 11) is 1.51. The highest BCUT2D eigenvalue weighted by Gasteiger charge is 2.37. The highest BCUT2D eigenvalue weighted by atomic mass is 127. The quantitative estimate of drug-likeness (QED) is 0.300. The van der Waals surface area contributed by atoms with E-state index in [0.29, 0.717) is 29.7 Å². The molecule has 7 heteroatoms. The van der Waals surface area contributed by atoms with Crippen LogP contribution >= 0.6 is 22.6 Å². The SMILES string of the molecule is COc1c(C)c2c(c(O)c1CC=C(C)CCC(=O)O)C(=O)OC2I. The Bertz CT molecular complexity index is 723. The van der Waals surface area contributed by atoms with Crippen LogP contribution in [-0.4, -0.2) is 29.3 Å². The molecule has 1 aromatic rings. The Morgan fingerprint density at radius 3 is 2.67 bits per heavy atom. The molecule has 1 atom stereocenters. The van der Waals surface area contributed by atoms with Crippen molar-refractivity contribution in [2.24, 2.45) is 0 Å². The number of cyclic esters (lactones) is 1. The molecule has 2 rings (SSSR count). The van der Waals surface area contributed by atoms with E-state index in [1.807, 2.05) is 42.5 Å². The number of carbonyl (C=O) groups excluding carboxylic acids is 1. The minimum Gasteiger partial charge on any atom is -0.507 e. The maximum atomic E-state index is 12.0. The molecular weight excluding hydrogens is 427 g/mol. The monoisotopic (exact) mass is 446 g/mol. The van der Waals surface area contributed by atoms with Crippen molar-refractivity contribution in [2.45, 2.75) is 37.2 Å². The fourth-order valence-corrected chi connectivity index (χ4v) is 3.78. The number of carbonyl (C=O) groups is 2. The lowest BCUT2D eigenvalue weighted by molar-refractivity contribution is -0.136. The van der Waals surface area contributed by atoms with Crippen molar-refractivity contribution in [3.8, 4) is 11.5 Å². The molecule has 24 heavy (non-hydrogen) atoms. The highest BCUT2D eigenvalue weighted by Crippen LogP contribution is 2.48. The number of rotatable bonds is 6. The number of halogens is 1. The molecule has 130 valence electrons. The van der Waals surface area contributed by atoms with Gasteiger partial charge in [0.25, 0.3) is 0 Å². The number of methoxy groups -OCH3 is 1. The number of phenolic OH excluding ortho intramolecular Hbond substituents is 1. The largest absolute Gasteiger partial charge is 0.507 e. The second-order valence-electron chi connectivity index (χ2n) is 5.64. The second-order valence-corrected chi connectivity index (χ2v) is 6.78. The molecule has 0 saturated carbocycles. The number of carboxylic acid groups (broad SMARTS) is 1. The van der Waals surface area contributed by atoms with Gasteiger partial charge in [0.1, 0.15) is 17.1 Å².